The summed E-state index contributed by atoms with van der Waals surface area (Å²) in [7, 11) is 0. The molecule has 4 aromatic rings. The number of imidazole rings is 1. The average Bonchev–Trinajstić information content (AvgIpc) is 3.61. The molecule has 0 aliphatic carbocycles. The minimum Gasteiger partial charge on any atom is -0.382 e. The van der Waals surface area contributed by atoms with Gasteiger partial charge in [0, 0.05) is 55.7 Å². The second kappa shape index (κ2) is 16.6. The van der Waals surface area contributed by atoms with E-state index >= 15 is 0 Å². The first-order valence-electron chi connectivity index (χ1n) is 16.2. The van der Waals surface area contributed by atoms with Crippen molar-refractivity contribution in [1.29, 1.82) is 0 Å². The van der Waals surface area contributed by atoms with Crippen molar-refractivity contribution in [1.82, 2.24) is 24.8 Å². The molecule has 13 heteroatoms. The van der Waals surface area contributed by atoms with Gasteiger partial charge < -0.3 is 30.4 Å². The van der Waals surface area contributed by atoms with Crippen molar-refractivity contribution in [3.8, 4) is 0 Å². The summed E-state index contributed by atoms with van der Waals surface area (Å²) >= 11 is 0. The highest BCUT2D eigenvalue weighted by Gasteiger charge is 2.23. The summed E-state index contributed by atoms with van der Waals surface area (Å²) in [5.41, 5.74) is 10.7. The van der Waals surface area contributed by atoms with Crippen LogP contribution in [-0.2, 0) is 41.6 Å². The maximum atomic E-state index is 12.5. The molecule has 0 atom stereocenters. The van der Waals surface area contributed by atoms with Gasteiger partial charge >= 0.3 is 0 Å². The van der Waals surface area contributed by atoms with Crippen LogP contribution < -0.4 is 16.4 Å². The van der Waals surface area contributed by atoms with Crippen molar-refractivity contribution in [3.63, 3.8) is 0 Å². The fourth-order valence-electron chi connectivity index (χ4n) is 5.40. The first kappa shape index (κ1) is 34.2. The normalized spacial score (nSPS) is 12.8. The van der Waals surface area contributed by atoms with Gasteiger partial charge in [0.05, 0.1) is 43.9 Å². The summed E-state index contributed by atoms with van der Waals surface area (Å²) in [6.07, 6.45) is 5.52. The van der Waals surface area contributed by atoms with Gasteiger partial charge in [-0.05, 0) is 30.2 Å². The van der Waals surface area contributed by atoms with Gasteiger partial charge in [0.25, 0.3) is 11.8 Å². The van der Waals surface area contributed by atoms with E-state index in [2.05, 4.69) is 33.2 Å². The minimum absolute atomic E-state index is 0.0308. The van der Waals surface area contributed by atoms with E-state index in [1.165, 1.54) is 12.2 Å². The number of hydrogen-bond donors (Lipinski definition) is 3. The van der Waals surface area contributed by atoms with Crippen LogP contribution in [0.15, 0.2) is 60.7 Å². The molecular weight excluding hydrogens is 614 g/mol. The minimum atomic E-state index is -0.408. The zero-order valence-corrected chi connectivity index (χ0v) is 27.1. The standard InChI is InChI=1S/C35H41N7O6/c1-2-3-8-28-40-33-34(26-6-4-5-7-27(26)39-35(33)36)42(28)23-24-9-11-25(12-10-24)38-30(44)16-19-47-21-22-48-20-17-37-29(43)15-18-41-31(45)13-14-32(41)46/h4-7,9-14H,2-3,8,15-23H2,1H3,(H2,36,39)(H,37,43)(H,38,44). The number of para-hydroxylation sites is 1. The summed E-state index contributed by atoms with van der Waals surface area (Å²) in [5.74, 6) is 0.162. The molecule has 0 saturated heterocycles. The zero-order chi connectivity index (χ0) is 33.9. The Labute approximate surface area is 278 Å². The molecule has 1 aliphatic heterocycles. The quantitative estimate of drug-likeness (QED) is 0.107. The number of nitrogens with two attached hydrogens (primary N) is 1. The second-order valence-electron chi connectivity index (χ2n) is 11.4. The van der Waals surface area contributed by atoms with Gasteiger partial charge in [-0.2, -0.15) is 0 Å². The molecule has 3 heterocycles. The molecule has 48 heavy (non-hydrogen) atoms. The number of fused-ring (bicyclic) bond motifs is 3. The van der Waals surface area contributed by atoms with Crippen LogP contribution in [0.25, 0.3) is 21.9 Å². The van der Waals surface area contributed by atoms with E-state index in [-0.39, 0.29) is 44.4 Å². The third-order valence-electron chi connectivity index (χ3n) is 7.90. The lowest BCUT2D eigenvalue weighted by atomic mass is 10.1. The molecule has 4 N–H and O–H groups in total. The molecule has 0 saturated carbocycles. The predicted octanol–water partition coefficient (Wildman–Crippen LogP) is 3.35. The molecule has 0 fully saturated rings. The summed E-state index contributed by atoms with van der Waals surface area (Å²) in [6, 6.07) is 15.8. The number of nitrogens with zero attached hydrogens (tertiary/aromatic N) is 4. The molecule has 0 bridgehead atoms. The van der Waals surface area contributed by atoms with E-state index < -0.39 is 11.8 Å². The number of nitrogens with one attached hydrogen (secondary N) is 2. The highest BCUT2D eigenvalue weighted by Crippen LogP contribution is 2.30. The van der Waals surface area contributed by atoms with Crippen molar-refractivity contribution in [2.24, 2.45) is 0 Å². The van der Waals surface area contributed by atoms with Crippen LogP contribution >= 0.6 is 0 Å². The van der Waals surface area contributed by atoms with Crippen molar-refractivity contribution < 1.29 is 28.7 Å². The molecule has 0 spiro atoms. The fourth-order valence-corrected chi connectivity index (χ4v) is 5.40. The number of aromatic nitrogens is 3. The second-order valence-corrected chi connectivity index (χ2v) is 11.4. The highest BCUT2D eigenvalue weighted by atomic mass is 16.5. The predicted molar refractivity (Wildman–Crippen MR) is 182 cm³/mol. The number of carbonyl (C=O) groups excluding carboxylic acids is 4. The van der Waals surface area contributed by atoms with Crippen LogP contribution in [-0.4, -0.2) is 82.6 Å². The van der Waals surface area contributed by atoms with E-state index in [0.717, 1.165) is 57.5 Å². The lowest BCUT2D eigenvalue weighted by molar-refractivity contribution is -0.137. The number of hydrogen-bond acceptors (Lipinski definition) is 9. The fraction of sp³-hybridized carbons (Fsp3) is 0.371. The van der Waals surface area contributed by atoms with Crippen LogP contribution in [0.4, 0.5) is 11.5 Å². The number of amides is 4. The molecule has 5 rings (SSSR count). The Morgan fingerprint density at radius 3 is 2.35 bits per heavy atom. The van der Waals surface area contributed by atoms with E-state index in [1.807, 2.05) is 42.5 Å². The van der Waals surface area contributed by atoms with Crippen LogP contribution in [0.1, 0.15) is 44.0 Å². The first-order valence-corrected chi connectivity index (χ1v) is 16.2. The number of benzene rings is 2. The number of nitrogen functional groups attached to an aromatic ring is 1. The van der Waals surface area contributed by atoms with Crippen molar-refractivity contribution in [2.45, 2.75) is 45.6 Å². The number of pyridine rings is 1. The van der Waals surface area contributed by atoms with Crippen LogP contribution in [0.5, 0.6) is 0 Å². The molecule has 252 valence electrons. The first-order chi connectivity index (χ1) is 23.3. The Kier molecular flexibility index (Phi) is 11.8. The topological polar surface area (TPSA) is 171 Å². The van der Waals surface area contributed by atoms with Crippen LogP contribution in [0.3, 0.4) is 0 Å². The average molecular weight is 656 g/mol. The lowest BCUT2D eigenvalue weighted by Crippen LogP contribution is -2.35. The third-order valence-corrected chi connectivity index (χ3v) is 7.90. The number of rotatable bonds is 18. The van der Waals surface area contributed by atoms with Gasteiger partial charge in [0.15, 0.2) is 5.82 Å². The van der Waals surface area contributed by atoms with Gasteiger partial charge in [0.1, 0.15) is 11.3 Å². The molecule has 2 aromatic heterocycles. The summed E-state index contributed by atoms with van der Waals surface area (Å²) in [4.78, 5) is 57.9. The Morgan fingerprint density at radius 2 is 1.60 bits per heavy atom. The Morgan fingerprint density at radius 1 is 0.875 bits per heavy atom. The summed E-state index contributed by atoms with van der Waals surface area (Å²) in [6.45, 7) is 4.26. The molecule has 0 radical (unpaired) electrons. The van der Waals surface area contributed by atoms with E-state index in [1.54, 1.807) is 0 Å². The number of carbonyl (C=O) groups is 4. The molecular formula is C35H41N7O6. The molecule has 4 amide bonds. The van der Waals surface area contributed by atoms with Crippen molar-refractivity contribution in [3.05, 3.63) is 72.1 Å². The lowest BCUT2D eigenvalue weighted by Gasteiger charge is -2.13. The number of aryl methyl sites for hydroxylation is 1. The monoisotopic (exact) mass is 655 g/mol. The van der Waals surface area contributed by atoms with Gasteiger partial charge in [-0.25, -0.2) is 9.97 Å². The molecule has 13 nitrogen and oxygen atoms in total. The third kappa shape index (κ3) is 8.81. The Balaban J connectivity index is 1.01. The molecule has 2 aromatic carbocycles. The van der Waals surface area contributed by atoms with Gasteiger partial charge in [-0.15, -0.1) is 0 Å². The maximum Gasteiger partial charge on any atom is 0.253 e. The largest absolute Gasteiger partial charge is 0.382 e. The number of anilines is 2. The number of ether oxygens (including phenoxy) is 2. The maximum absolute atomic E-state index is 12.5. The van der Waals surface area contributed by atoms with E-state index in [4.69, 9.17) is 20.2 Å². The van der Waals surface area contributed by atoms with Crippen LogP contribution in [0.2, 0.25) is 0 Å². The Hall–Kier alpha value is -5.14. The molecule has 1 aliphatic rings. The smallest absolute Gasteiger partial charge is 0.253 e. The Bertz CT molecular complexity index is 1780. The van der Waals surface area contributed by atoms with Gasteiger partial charge in [-0.1, -0.05) is 43.7 Å². The summed E-state index contributed by atoms with van der Waals surface area (Å²) < 4.78 is 13.2. The number of unbranched alkanes of at least 4 members (excludes halogenated alkanes) is 1. The van der Waals surface area contributed by atoms with Crippen molar-refractivity contribution in [2.75, 3.05) is 50.6 Å². The van der Waals surface area contributed by atoms with E-state index in [9.17, 15) is 19.2 Å². The SMILES string of the molecule is CCCCc1nc2c(N)nc3ccccc3c2n1Cc1ccc(NC(=O)CCOCCOCCNC(=O)CCN2C(=O)C=CC2=O)cc1. The number of imide groups is 1. The zero-order valence-electron chi connectivity index (χ0n) is 27.1. The molecule has 0 unspecified atom stereocenters. The van der Waals surface area contributed by atoms with Gasteiger partial charge in [0.2, 0.25) is 11.8 Å². The van der Waals surface area contributed by atoms with Crippen molar-refractivity contribution >= 4 is 57.1 Å². The van der Waals surface area contributed by atoms with Gasteiger partial charge in [-0.3, -0.25) is 24.1 Å². The van der Waals surface area contributed by atoms with Crippen LogP contribution in [0, 0.1) is 0 Å². The van der Waals surface area contributed by atoms with E-state index in [0.29, 0.717) is 37.8 Å². The summed E-state index contributed by atoms with van der Waals surface area (Å²) in [5, 5.41) is 6.60. The highest BCUT2D eigenvalue weighted by molar-refractivity contribution is 6.13.